The van der Waals surface area contributed by atoms with Gasteiger partial charge in [0.2, 0.25) is 11.9 Å². The molecule has 18 heteroatoms. The summed E-state index contributed by atoms with van der Waals surface area (Å²) in [7, 11) is 1.81. The SMILES string of the molecule is CCC(CCOC(=O)N(C)C1CC(C)(C)CC(C)(CNC(=O)Nc2nc(C)cc(=O)[nH]2)C1)CCC(CC)CC(CC)CCOC(=O)NC1CC(C)(C)CC(C)(CNC(=O)Nc2nccc(=O)[nH]2)C1. The standard InChI is InChI=1S/C50H84N10O8/c1-12-34(18-22-68-46(66)60(11)38-27-48(7,8)30-50(10,28-38)32-53-44(64)59-42-54-33(4)23-40(62)57-42)15-16-35(13-2)24-36(14-3)19-21-67-45(65)55-37-25-47(5,6)29-49(9,26-37)31-52-43(63)58-41-51-20-17-39(61)56-41/h17,20,23,34-38H,12-16,18-19,21-22,24-32H2,1-11H3,(H,55,65)(H3,51,52,56,58,61,63)(H3,53,54,57,59,62,64). The quantitative estimate of drug-likeness (QED) is 0.0590. The monoisotopic (exact) mass is 953 g/mol. The van der Waals surface area contributed by atoms with E-state index in [1.54, 1.807) is 11.8 Å². The van der Waals surface area contributed by atoms with Crippen LogP contribution in [0.1, 0.15) is 158 Å². The average Bonchev–Trinajstić information content (AvgIpc) is 3.23. The highest BCUT2D eigenvalue weighted by molar-refractivity contribution is 5.87. The molecule has 7 unspecified atom stereocenters. The number of ether oxygens (including phenoxy) is 2. The molecule has 7 atom stereocenters. The van der Waals surface area contributed by atoms with Gasteiger partial charge in [-0.1, -0.05) is 94.4 Å². The van der Waals surface area contributed by atoms with Crippen LogP contribution in [-0.4, -0.2) is 94.5 Å². The third-order valence-corrected chi connectivity index (χ3v) is 14.3. The van der Waals surface area contributed by atoms with Crippen molar-refractivity contribution in [1.82, 2.24) is 40.8 Å². The maximum atomic E-state index is 13.4. The molecule has 0 aromatic carbocycles. The molecule has 2 fully saturated rings. The van der Waals surface area contributed by atoms with Crippen LogP contribution in [0.25, 0.3) is 0 Å². The molecule has 6 amide bonds. The molecular formula is C50H84N10O8. The number of H-pyrrole nitrogens is 2. The summed E-state index contributed by atoms with van der Waals surface area (Å²) < 4.78 is 11.7. The number of rotatable bonds is 22. The Morgan fingerprint density at radius 3 is 1.90 bits per heavy atom. The molecule has 2 aliphatic carbocycles. The van der Waals surface area contributed by atoms with E-state index in [0.29, 0.717) is 62.6 Å². The first-order chi connectivity index (χ1) is 31.9. The molecule has 2 aromatic rings. The van der Waals surface area contributed by atoms with E-state index in [0.717, 1.165) is 77.0 Å². The highest BCUT2D eigenvalue weighted by Gasteiger charge is 2.44. The van der Waals surface area contributed by atoms with Gasteiger partial charge >= 0.3 is 24.2 Å². The van der Waals surface area contributed by atoms with E-state index in [2.05, 4.69) is 109 Å². The van der Waals surface area contributed by atoms with Gasteiger partial charge in [-0.25, -0.2) is 29.1 Å². The molecule has 0 aliphatic heterocycles. The number of carbonyl (C=O) groups is 4. The van der Waals surface area contributed by atoms with Gasteiger partial charge < -0.3 is 30.3 Å². The topological polar surface area (TPSA) is 242 Å². The van der Waals surface area contributed by atoms with Gasteiger partial charge in [0.1, 0.15) is 0 Å². The van der Waals surface area contributed by atoms with Crippen LogP contribution in [0, 0.1) is 46.3 Å². The average molecular weight is 953 g/mol. The predicted molar refractivity (Wildman–Crippen MR) is 266 cm³/mol. The Kier molecular flexibility index (Phi) is 20.3. The number of hydrogen-bond acceptors (Lipinski definition) is 10. The number of carbonyl (C=O) groups excluding carboxylic acids is 4. The van der Waals surface area contributed by atoms with Crippen molar-refractivity contribution in [3.8, 4) is 0 Å². The van der Waals surface area contributed by atoms with Crippen molar-refractivity contribution in [2.75, 3.05) is 44.0 Å². The fourth-order valence-corrected chi connectivity index (χ4v) is 11.4. The Morgan fingerprint density at radius 1 is 0.735 bits per heavy atom. The molecule has 0 radical (unpaired) electrons. The zero-order valence-electron chi connectivity index (χ0n) is 43.0. The van der Waals surface area contributed by atoms with Crippen LogP contribution < -0.4 is 37.7 Å². The first kappa shape index (κ1) is 55.4. The Hall–Kier alpha value is -5.16. The number of nitrogens with one attached hydrogen (secondary N) is 7. The summed E-state index contributed by atoms with van der Waals surface area (Å²) in [4.78, 5) is 90.2. The Labute approximate surface area is 403 Å². The fraction of sp³-hybridized carbons (Fsp3) is 0.760. The summed E-state index contributed by atoms with van der Waals surface area (Å²) in [5.74, 6) is 1.59. The van der Waals surface area contributed by atoms with Crippen LogP contribution in [0.3, 0.4) is 0 Å². The molecule has 18 nitrogen and oxygen atoms in total. The number of anilines is 2. The van der Waals surface area contributed by atoms with Gasteiger partial charge in [0, 0.05) is 56.2 Å². The number of alkyl carbamates (subject to hydrolysis) is 1. The second kappa shape index (κ2) is 24.9. The van der Waals surface area contributed by atoms with E-state index in [-0.39, 0.29) is 62.9 Å². The summed E-state index contributed by atoms with van der Waals surface area (Å²) >= 11 is 0. The number of nitrogens with zero attached hydrogens (tertiary/aromatic N) is 3. The molecule has 2 aromatic heterocycles. The van der Waals surface area contributed by atoms with Gasteiger partial charge in [0.05, 0.1) is 13.2 Å². The normalized spacial score (nSPS) is 23.2. The second-order valence-corrected chi connectivity index (χ2v) is 22.3. The number of urea groups is 2. The van der Waals surface area contributed by atoms with Crippen molar-refractivity contribution in [3.05, 3.63) is 44.7 Å². The summed E-state index contributed by atoms with van der Waals surface area (Å²) in [6, 6.07) is 1.56. The lowest BCUT2D eigenvalue weighted by molar-refractivity contribution is 0.0196. The lowest BCUT2D eigenvalue weighted by Gasteiger charge is -2.48. The number of hydrogen-bond donors (Lipinski definition) is 7. The first-order valence-electron chi connectivity index (χ1n) is 25.0. The van der Waals surface area contributed by atoms with Gasteiger partial charge in [-0.05, 0) is 104 Å². The molecule has 7 N–H and O–H groups in total. The Balaban J connectivity index is 1.16. The molecule has 0 spiro atoms. The molecule has 382 valence electrons. The van der Waals surface area contributed by atoms with Crippen LogP contribution in [0.2, 0.25) is 0 Å². The Morgan fingerprint density at radius 2 is 1.28 bits per heavy atom. The minimum absolute atomic E-state index is 0.0546. The van der Waals surface area contributed by atoms with E-state index < -0.39 is 18.2 Å². The minimum atomic E-state index is -0.462. The minimum Gasteiger partial charge on any atom is -0.450 e. The van der Waals surface area contributed by atoms with Gasteiger partial charge in [0.15, 0.2) is 0 Å². The fourth-order valence-electron chi connectivity index (χ4n) is 11.4. The molecule has 0 bridgehead atoms. The van der Waals surface area contributed by atoms with E-state index in [1.165, 1.54) is 18.3 Å². The summed E-state index contributed by atoms with van der Waals surface area (Å²) in [6.45, 7) is 22.8. The van der Waals surface area contributed by atoms with Gasteiger partial charge in [-0.2, -0.15) is 0 Å². The zero-order chi connectivity index (χ0) is 50.3. The highest BCUT2D eigenvalue weighted by Crippen LogP contribution is 2.48. The van der Waals surface area contributed by atoms with Crippen LogP contribution in [0.5, 0.6) is 0 Å². The van der Waals surface area contributed by atoms with Crippen LogP contribution in [-0.2, 0) is 9.47 Å². The summed E-state index contributed by atoms with van der Waals surface area (Å²) in [5, 5.41) is 14.2. The second-order valence-electron chi connectivity index (χ2n) is 22.3. The van der Waals surface area contributed by atoms with E-state index in [4.69, 9.17) is 9.47 Å². The van der Waals surface area contributed by atoms with Crippen molar-refractivity contribution in [3.63, 3.8) is 0 Å². The van der Waals surface area contributed by atoms with Gasteiger partial charge in [-0.15, -0.1) is 0 Å². The van der Waals surface area contributed by atoms with Crippen molar-refractivity contribution >= 4 is 36.1 Å². The molecule has 68 heavy (non-hydrogen) atoms. The van der Waals surface area contributed by atoms with Crippen molar-refractivity contribution in [2.45, 2.75) is 171 Å². The summed E-state index contributed by atoms with van der Waals surface area (Å²) in [5.41, 5.74) is -0.879. The maximum Gasteiger partial charge on any atom is 0.409 e. The number of aromatic amines is 2. The van der Waals surface area contributed by atoms with Crippen LogP contribution in [0.15, 0.2) is 27.9 Å². The van der Waals surface area contributed by atoms with Crippen molar-refractivity contribution < 1.29 is 28.7 Å². The molecule has 2 heterocycles. The highest BCUT2D eigenvalue weighted by atomic mass is 16.6. The molecule has 2 aliphatic rings. The lowest BCUT2D eigenvalue weighted by atomic mass is 9.62. The van der Waals surface area contributed by atoms with E-state index in [1.807, 2.05) is 7.05 Å². The third kappa shape index (κ3) is 18.7. The van der Waals surface area contributed by atoms with Crippen LogP contribution >= 0.6 is 0 Å². The smallest absolute Gasteiger partial charge is 0.409 e. The first-order valence-corrected chi connectivity index (χ1v) is 25.0. The third-order valence-electron chi connectivity index (χ3n) is 14.3. The number of amides is 6. The maximum absolute atomic E-state index is 13.4. The zero-order valence-corrected chi connectivity index (χ0v) is 43.0. The van der Waals surface area contributed by atoms with E-state index in [9.17, 15) is 28.8 Å². The predicted octanol–water partition coefficient (Wildman–Crippen LogP) is 9.10. The van der Waals surface area contributed by atoms with Gasteiger partial charge in [-0.3, -0.25) is 30.2 Å². The van der Waals surface area contributed by atoms with Crippen molar-refractivity contribution in [1.29, 1.82) is 0 Å². The largest absolute Gasteiger partial charge is 0.450 e. The van der Waals surface area contributed by atoms with Crippen LogP contribution in [0.4, 0.5) is 31.1 Å². The number of aryl methyl sites for hydroxylation is 1. The molecular weight excluding hydrogens is 869 g/mol. The van der Waals surface area contributed by atoms with E-state index >= 15 is 0 Å². The molecule has 4 rings (SSSR count). The Bertz CT molecular complexity index is 2090. The molecule has 2 saturated carbocycles. The lowest BCUT2D eigenvalue weighted by Crippen LogP contribution is -2.51. The molecule has 0 saturated heterocycles. The van der Waals surface area contributed by atoms with Gasteiger partial charge in [0.25, 0.3) is 11.1 Å². The number of aromatic nitrogens is 4. The summed E-state index contributed by atoms with van der Waals surface area (Å²) in [6.07, 6.45) is 13.3. The van der Waals surface area contributed by atoms with Crippen molar-refractivity contribution in [2.24, 2.45) is 39.4 Å².